The van der Waals surface area contributed by atoms with E-state index in [1.807, 2.05) is 11.6 Å². The van der Waals surface area contributed by atoms with E-state index in [0.29, 0.717) is 31.7 Å². The van der Waals surface area contributed by atoms with Crippen molar-refractivity contribution in [2.75, 3.05) is 30.9 Å². The molecule has 0 bridgehead atoms. The lowest BCUT2D eigenvalue weighted by atomic mass is 9.81. The minimum absolute atomic E-state index is 0.0535. The molecule has 1 N–H and O–H groups in total. The maximum atomic E-state index is 14.8. The molecule has 1 saturated heterocycles. The van der Waals surface area contributed by atoms with E-state index in [9.17, 15) is 30.8 Å². The molecular weight excluding hydrogens is 538 g/mol. The third-order valence-electron chi connectivity index (χ3n) is 7.03. The molecule has 1 aromatic heterocycles. The number of sulfonamides is 1. The highest BCUT2D eigenvalue weighted by Crippen LogP contribution is 2.46. The van der Waals surface area contributed by atoms with Crippen LogP contribution < -0.4 is 9.62 Å². The number of ether oxygens (including phenoxy) is 1. The number of hydrogen-bond acceptors (Lipinski definition) is 6. The summed E-state index contributed by atoms with van der Waals surface area (Å²) in [5, 5.41) is -0.449. The van der Waals surface area contributed by atoms with Gasteiger partial charge in [-0.05, 0) is 49.7 Å². The molecule has 0 unspecified atom stereocenters. The highest BCUT2D eigenvalue weighted by atomic mass is 35.5. The first-order valence-corrected chi connectivity index (χ1v) is 14.1. The number of pyridine rings is 1. The van der Waals surface area contributed by atoms with E-state index in [-0.39, 0.29) is 30.2 Å². The summed E-state index contributed by atoms with van der Waals surface area (Å²) < 4.78 is 85.2. The molecule has 1 saturated carbocycles. The summed E-state index contributed by atoms with van der Waals surface area (Å²) in [6.45, 7) is 3.18. The Labute approximate surface area is 217 Å². The predicted octanol–water partition coefficient (Wildman–Crippen LogP) is 4.99. The largest absolute Gasteiger partial charge is 0.493 e. The number of piperidine rings is 1. The fourth-order valence-electron chi connectivity index (χ4n) is 4.63. The Hall–Kier alpha value is -2.34. The summed E-state index contributed by atoms with van der Waals surface area (Å²) >= 11 is 5.68. The minimum Gasteiger partial charge on any atom is -0.493 e. The second-order valence-corrected chi connectivity index (χ2v) is 12.5. The van der Waals surface area contributed by atoms with Crippen LogP contribution in [0.5, 0.6) is 0 Å². The zero-order valence-corrected chi connectivity index (χ0v) is 21.9. The van der Waals surface area contributed by atoms with Crippen molar-refractivity contribution in [3.05, 3.63) is 46.1 Å². The number of rotatable bonds is 7. The van der Waals surface area contributed by atoms with Gasteiger partial charge in [-0.3, -0.25) is 9.52 Å². The fourth-order valence-corrected chi connectivity index (χ4v) is 5.35. The highest BCUT2D eigenvalue weighted by molar-refractivity contribution is 7.89. The van der Waals surface area contributed by atoms with Crippen LogP contribution in [0, 0.1) is 17.3 Å². The molecule has 3 aliphatic rings. The van der Waals surface area contributed by atoms with Crippen LogP contribution in [0.25, 0.3) is 0 Å². The zero-order valence-electron chi connectivity index (χ0n) is 20.4. The lowest BCUT2D eigenvalue weighted by molar-refractivity contribution is -0.137. The highest BCUT2D eigenvalue weighted by Gasteiger charge is 2.39. The van der Waals surface area contributed by atoms with Crippen LogP contribution in [0.15, 0.2) is 35.5 Å². The Bertz CT molecular complexity index is 1240. The van der Waals surface area contributed by atoms with Gasteiger partial charge in [-0.15, -0.1) is 0 Å². The monoisotopic (exact) mass is 565 g/mol. The standard InChI is InChI=1S/C24H28ClF4N3O4S/c1-23(5-7-32(8-6-23)21-10-17(24(27,28)29)18(25)12-30-21)13-36-20-11-19(26)16(9-15(20)14-3-4-14)22(33)31-37(2,34)35/h10-12,14,16H,3-9,13H2,1-2H3,(H,31,33)/t16-/m0/s1. The average molecular weight is 566 g/mol. The number of aromatic nitrogens is 1. The molecule has 2 fully saturated rings. The molecule has 1 aromatic rings. The van der Waals surface area contributed by atoms with Crippen LogP contribution in [-0.2, 0) is 25.7 Å². The summed E-state index contributed by atoms with van der Waals surface area (Å²) in [6, 6.07) is 0.958. The van der Waals surface area contributed by atoms with Gasteiger partial charge in [-0.25, -0.2) is 17.8 Å². The summed E-state index contributed by atoms with van der Waals surface area (Å²) in [6.07, 6.45) is 1.49. The Morgan fingerprint density at radius 3 is 2.51 bits per heavy atom. The van der Waals surface area contributed by atoms with Crippen molar-refractivity contribution < 1.29 is 35.5 Å². The van der Waals surface area contributed by atoms with E-state index in [2.05, 4.69) is 4.98 Å². The molecule has 0 aromatic carbocycles. The van der Waals surface area contributed by atoms with E-state index in [1.165, 1.54) is 6.08 Å². The molecule has 1 amide bonds. The van der Waals surface area contributed by atoms with Gasteiger partial charge in [0.05, 0.1) is 29.4 Å². The Morgan fingerprint density at radius 1 is 1.30 bits per heavy atom. The van der Waals surface area contributed by atoms with Crippen molar-refractivity contribution in [2.24, 2.45) is 17.3 Å². The lowest BCUT2D eigenvalue weighted by Gasteiger charge is -2.40. The van der Waals surface area contributed by atoms with E-state index in [0.717, 1.165) is 36.9 Å². The molecule has 204 valence electrons. The Morgan fingerprint density at radius 2 is 1.95 bits per heavy atom. The minimum atomic E-state index is -4.58. The second-order valence-electron chi connectivity index (χ2n) is 10.3. The van der Waals surface area contributed by atoms with Crippen LogP contribution in [0.4, 0.5) is 23.4 Å². The Balaban J connectivity index is 1.40. The van der Waals surface area contributed by atoms with Crippen molar-refractivity contribution >= 4 is 33.3 Å². The molecule has 2 heterocycles. The molecule has 13 heteroatoms. The van der Waals surface area contributed by atoms with E-state index in [1.54, 1.807) is 4.90 Å². The number of carbonyl (C=O) groups excluding carboxylic acids is 1. The average Bonchev–Trinajstić information content (AvgIpc) is 3.62. The van der Waals surface area contributed by atoms with Crippen LogP contribution in [0.2, 0.25) is 5.02 Å². The maximum Gasteiger partial charge on any atom is 0.418 e. The van der Waals surface area contributed by atoms with Gasteiger partial charge in [-0.2, -0.15) is 13.2 Å². The van der Waals surface area contributed by atoms with Crippen molar-refractivity contribution in [3.8, 4) is 0 Å². The number of anilines is 1. The van der Waals surface area contributed by atoms with Crippen LogP contribution in [0.1, 0.15) is 44.6 Å². The fraction of sp³-hybridized carbons (Fsp3) is 0.583. The SMILES string of the molecule is CC1(COC2=C(C3CC3)C[C@H](C(=O)NS(C)(=O)=O)C(F)=C2)CCN(c2cc(C(F)(F)F)c(Cl)cn2)CC1. The number of halogens is 5. The molecule has 0 spiro atoms. The van der Waals surface area contributed by atoms with Gasteiger partial charge in [-0.1, -0.05) is 18.5 Å². The first-order chi connectivity index (χ1) is 17.2. The van der Waals surface area contributed by atoms with E-state index >= 15 is 0 Å². The van der Waals surface area contributed by atoms with Gasteiger partial charge in [0, 0.05) is 30.8 Å². The predicted molar refractivity (Wildman–Crippen MR) is 130 cm³/mol. The number of amides is 1. The zero-order chi connectivity index (χ0) is 27.2. The van der Waals surface area contributed by atoms with Crippen molar-refractivity contribution in [1.29, 1.82) is 0 Å². The van der Waals surface area contributed by atoms with E-state index < -0.39 is 44.4 Å². The summed E-state index contributed by atoms with van der Waals surface area (Å²) in [4.78, 5) is 18.1. The summed E-state index contributed by atoms with van der Waals surface area (Å²) in [5.74, 6) is -2.13. The molecule has 0 radical (unpaired) electrons. The second kappa shape index (κ2) is 10.1. The van der Waals surface area contributed by atoms with Crippen LogP contribution in [0.3, 0.4) is 0 Å². The molecule has 7 nitrogen and oxygen atoms in total. The van der Waals surface area contributed by atoms with Crippen LogP contribution >= 0.6 is 11.6 Å². The smallest absolute Gasteiger partial charge is 0.418 e. The normalized spacial score (nSPS) is 22.5. The maximum absolute atomic E-state index is 14.8. The molecule has 2 aliphatic carbocycles. The summed E-state index contributed by atoms with van der Waals surface area (Å²) in [5.41, 5.74) is -0.433. The van der Waals surface area contributed by atoms with Crippen molar-refractivity contribution in [2.45, 2.75) is 45.2 Å². The van der Waals surface area contributed by atoms with Gasteiger partial charge < -0.3 is 9.64 Å². The van der Waals surface area contributed by atoms with Gasteiger partial charge in [0.25, 0.3) is 0 Å². The van der Waals surface area contributed by atoms with Gasteiger partial charge in [0.1, 0.15) is 17.4 Å². The van der Waals surface area contributed by atoms with Crippen molar-refractivity contribution in [1.82, 2.24) is 9.71 Å². The van der Waals surface area contributed by atoms with E-state index in [4.69, 9.17) is 16.3 Å². The first kappa shape index (κ1) is 27.7. The lowest BCUT2D eigenvalue weighted by Crippen LogP contribution is -2.41. The molecule has 37 heavy (non-hydrogen) atoms. The number of hydrogen-bond donors (Lipinski definition) is 1. The quantitative estimate of drug-likeness (QED) is 0.469. The number of carbonyl (C=O) groups is 1. The first-order valence-electron chi connectivity index (χ1n) is 11.9. The number of nitrogens with zero attached hydrogens (tertiary/aromatic N) is 2. The third-order valence-corrected chi connectivity index (χ3v) is 7.91. The molecule has 1 atom stereocenters. The number of allylic oxidation sites excluding steroid dienone is 2. The van der Waals surface area contributed by atoms with Gasteiger partial charge >= 0.3 is 6.18 Å². The number of nitrogens with one attached hydrogen (secondary N) is 1. The number of alkyl halides is 3. The molecule has 4 rings (SSSR count). The topological polar surface area (TPSA) is 88.6 Å². The Kier molecular flexibility index (Phi) is 7.55. The summed E-state index contributed by atoms with van der Waals surface area (Å²) in [7, 11) is -3.81. The third kappa shape index (κ3) is 6.76. The van der Waals surface area contributed by atoms with Gasteiger partial charge in [0.15, 0.2) is 0 Å². The van der Waals surface area contributed by atoms with Crippen molar-refractivity contribution in [3.63, 3.8) is 0 Å². The van der Waals surface area contributed by atoms with Gasteiger partial charge in [0.2, 0.25) is 15.9 Å². The molecular formula is C24H28ClF4N3O4S. The molecule has 1 aliphatic heterocycles. The van der Waals surface area contributed by atoms with Crippen LogP contribution in [-0.4, -0.2) is 45.3 Å².